The fraction of sp³-hybridized carbons (Fsp3) is 0.273. The van der Waals surface area contributed by atoms with Gasteiger partial charge in [0.05, 0.1) is 16.8 Å². The van der Waals surface area contributed by atoms with Crippen LogP contribution in [0.2, 0.25) is 5.02 Å². The first kappa shape index (κ1) is 22.3. The zero-order chi connectivity index (χ0) is 23.2. The van der Waals surface area contributed by atoms with E-state index in [1.165, 1.54) is 26.2 Å². The average molecular weight is 476 g/mol. The van der Waals surface area contributed by atoms with Crippen molar-refractivity contribution in [3.8, 4) is 5.75 Å². The molecule has 3 aromatic carbocycles. The fourth-order valence-electron chi connectivity index (χ4n) is 3.58. The molecular weight excluding hydrogens is 454 g/mol. The van der Waals surface area contributed by atoms with E-state index in [1.807, 2.05) is 30.3 Å². The number of benzene rings is 2. The molecule has 1 atom stereocenters. The number of nitrogens with one attached hydrogen (secondary N) is 2. The molecule has 0 aromatic heterocycles. The van der Waals surface area contributed by atoms with Crippen molar-refractivity contribution >= 4 is 38.7 Å². The van der Waals surface area contributed by atoms with E-state index in [-0.39, 0.29) is 28.1 Å². The highest BCUT2D eigenvalue weighted by Gasteiger charge is 2.35. The molecule has 0 heterocycles. The van der Waals surface area contributed by atoms with Crippen LogP contribution in [-0.4, -0.2) is 31.9 Å². The van der Waals surface area contributed by atoms with E-state index in [1.54, 1.807) is 0 Å². The van der Waals surface area contributed by atoms with Gasteiger partial charge in [0.2, 0.25) is 10.0 Å². The van der Waals surface area contributed by atoms with Crippen molar-refractivity contribution in [1.29, 1.82) is 0 Å². The summed E-state index contributed by atoms with van der Waals surface area (Å²) in [6.07, 6.45) is 2.02. The van der Waals surface area contributed by atoms with Crippen LogP contribution >= 0.6 is 11.6 Å². The Bertz CT molecular complexity index is 1340. The van der Waals surface area contributed by atoms with Gasteiger partial charge in [0.15, 0.2) is 5.75 Å². The topological polar surface area (TPSA) is 116 Å². The SMILES string of the molecule is CN(C)S(=O)(=O)c1c(Cl)ccc(Nc2c(NC(c3ccccc3)C3CC3)c(=O)c2=O)c1O. The van der Waals surface area contributed by atoms with Gasteiger partial charge in [-0.1, -0.05) is 41.9 Å². The van der Waals surface area contributed by atoms with E-state index in [0.29, 0.717) is 5.92 Å². The van der Waals surface area contributed by atoms with Gasteiger partial charge in [-0.05, 0) is 36.5 Å². The Kier molecular flexibility index (Phi) is 5.74. The van der Waals surface area contributed by atoms with Crippen molar-refractivity contribution in [2.45, 2.75) is 23.8 Å². The molecule has 0 bridgehead atoms. The van der Waals surface area contributed by atoms with Crippen LogP contribution in [0.15, 0.2) is 56.9 Å². The van der Waals surface area contributed by atoms with Crippen molar-refractivity contribution in [2.24, 2.45) is 5.92 Å². The van der Waals surface area contributed by atoms with Crippen molar-refractivity contribution in [2.75, 3.05) is 24.7 Å². The molecule has 0 amide bonds. The van der Waals surface area contributed by atoms with Crippen LogP contribution < -0.4 is 21.5 Å². The summed E-state index contributed by atoms with van der Waals surface area (Å²) in [4.78, 5) is 24.2. The van der Waals surface area contributed by atoms with Crippen LogP contribution in [0, 0.1) is 5.92 Å². The quantitative estimate of drug-likeness (QED) is 0.338. The second kappa shape index (κ2) is 8.23. The average Bonchev–Trinajstić information content (AvgIpc) is 3.60. The van der Waals surface area contributed by atoms with Crippen molar-refractivity contribution < 1.29 is 13.5 Å². The Hall–Kier alpha value is -2.88. The number of nitrogens with zero attached hydrogens (tertiary/aromatic N) is 1. The predicted molar refractivity (Wildman–Crippen MR) is 124 cm³/mol. The molecule has 1 saturated carbocycles. The molecule has 8 nitrogen and oxygen atoms in total. The van der Waals surface area contributed by atoms with Gasteiger partial charge in [-0.2, -0.15) is 0 Å². The van der Waals surface area contributed by atoms with Crippen LogP contribution in [0.3, 0.4) is 0 Å². The highest BCUT2D eigenvalue weighted by atomic mass is 35.5. The maximum atomic E-state index is 12.6. The Morgan fingerprint density at radius 1 is 1.03 bits per heavy atom. The molecule has 1 fully saturated rings. The van der Waals surface area contributed by atoms with E-state index in [4.69, 9.17) is 11.6 Å². The van der Waals surface area contributed by atoms with Gasteiger partial charge >= 0.3 is 0 Å². The molecule has 32 heavy (non-hydrogen) atoms. The lowest BCUT2D eigenvalue weighted by Gasteiger charge is -2.23. The Morgan fingerprint density at radius 3 is 2.25 bits per heavy atom. The molecule has 0 aliphatic heterocycles. The Balaban J connectivity index is 1.69. The van der Waals surface area contributed by atoms with Gasteiger partial charge in [0, 0.05) is 14.1 Å². The fourth-order valence-corrected chi connectivity index (χ4v) is 5.06. The summed E-state index contributed by atoms with van der Waals surface area (Å²) in [6, 6.07) is 12.1. The van der Waals surface area contributed by atoms with Gasteiger partial charge in [0.1, 0.15) is 16.3 Å². The van der Waals surface area contributed by atoms with E-state index < -0.39 is 31.5 Å². The van der Waals surface area contributed by atoms with Crippen LogP contribution in [0.5, 0.6) is 5.75 Å². The summed E-state index contributed by atoms with van der Waals surface area (Å²) < 4.78 is 26.1. The van der Waals surface area contributed by atoms with Crippen molar-refractivity contribution in [3.05, 3.63) is 73.5 Å². The minimum Gasteiger partial charge on any atom is -0.504 e. The van der Waals surface area contributed by atoms with E-state index in [9.17, 15) is 23.1 Å². The maximum Gasteiger partial charge on any atom is 0.253 e. The normalized spacial score (nSPS) is 15.1. The summed E-state index contributed by atoms with van der Waals surface area (Å²) in [5.74, 6) is -0.289. The summed E-state index contributed by atoms with van der Waals surface area (Å²) in [7, 11) is -1.43. The van der Waals surface area contributed by atoms with Gasteiger partial charge in [0.25, 0.3) is 10.9 Å². The first-order chi connectivity index (χ1) is 15.1. The molecule has 1 unspecified atom stereocenters. The minimum absolute atomic E-state index is 0.0256. The van der Waals surface area contributed by atoms with Crippen LogP contribution in [0.25, 0.3) is 0 Å². The number of halogens is 1. The summed E-state index contributed by atoms with van der Waals surface area (Å²) in [5, 5.41) is 16.4. The number of hydrogen-bond acceptors (Lipinski definition) is 7. The third kappa shape index (κ3) is 3.87. The molecule has 4 rings (SSSR count). The van der Waals surface area contributed by atoms with E-state index >= 15 is 0 Å². The highest BCUT2D eigenvalue weighted by Crippen LogP contribution is 2.44. The lowest BCUT2D eigenvalue weighted by Crippen LogP contribution is -2.37. The first-order valence-electron chi connectivity index (χ1n) is 9.98. The maximum absolute atomic E-state index is 12.6. The highest BCUT2D eigenvalue weighted by molar-refractivity contribution is 7.89. The van der Waals surface area contributed by atoms with E-state index in [0.717, 1.165) is 22.7 Å². The zero-order valence-corrected chi connectivity index (χ0v) is 19.0. The molecule has 3 N–H and O–H groups in total. The lowest BCUT2D eigenvalue weighted by atomic mass is 10.0. The third-order valence-electron chi connectivity index (χ3n) is 5.54. The molecular formula is C22H22ClN3O5S. The van der Waals surface area contributed by atoms with Gasteiger partial charge in [-0.25, -0.2) is 12.7 Å². The molecule has 0 spiro atoms. The second-order valence-corrected chi connectivity index (χ2v) is 10.5. The molecule has 0 radical (unpaired) electrons. The molecule has 1 aliphatic carbocycles. The number of anilines is 3. The van der Waals surface area contributed by atoms with Crippen LogP contribution in [0.1, 0.15) is 24.4 Å². The number of phenols is 1. The summed E-state index contributed by atoms with van der Waals surface area (Å²) >= 11 is 6.03. The second-order valence-electron chi connectivity index (χ2n) is 7.96. The number of phenolic OH excluding ortho intramolecular Hbond substituents is 1. The first-order valence-corrected chi connectivity index (χ1v) is 11.8. The van der Waals surface area contributed by atoms with Gasteiger partial charge in [-0.15, -0.1) is 0 Å². The zero-order valence-electron chi connectivity index (χ0n) is 17.4. The molecule has 10 heteroatoms. The molecule has 0 saturated heterocycles. The van der Waals surface area contributed by atoms with Crippen LogP contribution in [-0.2, 0) is 10.0 Å². The molecule has 168 valence electrons. The largest absolute Gasteiger partial charge is 0.504 e. The van der Waals surface area contributed by atoms with E-state index in [2.05, 4.69) is 10.6 Å². The van der Waals surface area contributed by atoms with Gasteiger partial charge < -0.3 is 15.7 Å². The predicted octanol–water partition coefficient (Wildman–Crippen LogP) is 3.20. The number of sulfonamides is 1. The number of rotatable bonds is 8. The monoisotopic (exact) mass is 475 g/mol. The van der Waals surface area contributed by atoms with Crippen molar-refractivity contribution in [1.82, 2.24) is 4.31 Å². The number of hydrogen-bond donors (Lipinski definition) is 3. The summed E-state index contributed by atoms with van der Waals surface area (Å²) in [5.41, 5.74) is -0.370. The molecule has 3 aromatic rings. The third-order valence-corrected chi connectivity index (χ3v) is 7.86. The smallest absolute Gasteiger partial charge is 0.253 e. The molecule has 1 aliphatic rings. The lowest BCUT2D eigenvalue weighted by molar-refractivity contribution is 0.455. The summed E-state index contributed by atoms with van der Waals surface area (Å²) in [6.45, 7) is 0. The number of aromatic hydroxyl groups is 1. The van der Waals surface area contributed by atoms with Crippen molar-refractivity contribution in [3.63, 3.8) is 0 Å². The minimum atomic E-state index is -4.05. The standard InChI is InChI=1S/C22H22ClN3O5S/c1-26(2)32(30,31)22-14(23)10-11-15(19(22)27)24-17-18(21(29)20(17)28)25-16(13-8-9-13)12-6-4-3-5-7-12/h3-7,10-11,13,16,24-25,27H,8-9H2,1-2H3. The van der Waals surface area contributed by atoms with Gasteiger partial charge in [-0.3, -0.25) is 9.59 Å². The van der Waals surface area contributed by atoms with Crippen LogP contribution in [0.4, 0.5) is 17.1 Å². The Morgan fingerprint density at radius 2 is 1.66 bits per heavy atom. The Labute approximate surface area is 190 Å².